The molecule has 1 aliphatic carbocycles. The van der Waals surface area contributed by atoms with E-state index in [4.69, 9.17) is 0 Å². The van der Waals surface area contributed by atoms with Crippen LogP contribution in [0.3, 0.4) is 0 Å². The van der Waals surface area contributed by atoms with Gasteiger partial charge in [0.15, 0.2) is 0 Å². The fourth-order valence-corrected chi connectivity index (χ4v) is 6.29. The van der Waals surface area contributed by atoms with E-state index in [1.54, 1.807) is 11.3 Å². The van der Waals surface area contributed by atoms with E-state index >= 15 is 0 Å². The van der Waals surface area contributed by atoms with Gasteiger partial charge in [-0.3, -0.25) is 9.59 Å². The standard InChI is InChI=1S/C27H37N3O2S/c1-19(2)18-30-25(23-14-9-17-33-23)24(21-12-7-8-13-22(21)27(30)32)26(31)28-15-16-29(3)20-10-5-4-6-11-20/h7-9,12-14,17,19-20,24-25H,4-6,10-11,15-16,18H2,1-3H3,(H,28,31)/t24-,25-/m1/s1. The van der Waals surface area contributed by atoms with Crippen molar-refractivity contribution in [2.24, 2.45) is 5.92 Å². The number of amides is 2. The topological polar surface area (TPSA) is 52.7 Å². The number of likely N-dealkylation sites (N-methyl/N-ethyl adjacent to an activating group) is 1. The number of thiophene rings is 1. The third-order valence-electron chi connectivity index (χ3n) is 7.08. The zero-order valence-electron chi connectivity index (χ0n) is 20.1. The molecule has 33 heavy (non-hydrogen) atoms. The summed E-state index contributed by atoms with van der Waals surface area (Å²) in [5.41, 5.74) is 1.50. The van der Waals surface area contributed by atoms with Crippen molar-refractivity contribution in [2.45, 2.75) is 64.0 Å². The molecule has 0 spiro atoms. The fourth-order valence-electron chi connectivity index (χ4n) is 5.42. The van der Waals surface area contributed by atoms with Crippen LogP contribution in [-0.4, -0.2) is 54.3 Å². The number of carbonyl (C=O) groups is 2. The number of fused-ring (bicyclic) bond motifs is 1. The average Bonchev–Trinajstić information content (AvgIpc) is 3.35. The predicted octanol–water partition coefficient (Wildman–Crippen LogP) is 5.07. The molecule has 1 aromatic carbocycles. The van der Waals surface area contributed by atoms with Crippen molar-refractivity contribution < 1.29 is 9.59 Å². The van der Waals surface area contributed by atoms with Crippen molar-refractivity contribution in [3.63, 3.8) is 0 Å². The molecule has 0 radical (unpaired) electrons. The molecule has 1 saturated carbocycles. The Bertz CT molecular complexity index is 937. The van der Waals surface area contributed by atoms with E-state index in [2.05, 4.69) is 37.2 Å². The minimum atomic E-state index is -0.406. The van der Waals surface area contributed by atoms with E-state index in [9.17, 15) is 9.59 Å². The van der Waals surface area contributed by atoms with Crippen LogP contribution >= 0.6 is 11.3 Å². The summed E-state index contributed by atoms with van der Waals surface area (Å²) < 4.78 is 0. The van der Waals surface area contributed by atoms with E-state index < -0.39 is 5.92 Å². The molecule has 1 N–H and O–H groups in total. The van der Waals surface area contributed by atoms with Gasteiger partial charge in [0.2, 0.25) is 5.91 Å². The lowest BCUT2D eigenvalue weighted by Crippen LogP contribution is -2.49. The number of nitrogens with zero attached hydrogens (tertiary/aromatic N) is 2. The van der Waals surface area contributed by atoms with E-state index in [0.717, 1.165) is 17.0 Å². The largest absolute Gasteiger partial charge is 0.354 e. The van der Waals surface area contributed by atoms with Crippen LogP contribution < -0.4 is 5.32 Å². The second-order valence-corrected chi connectivity index (χ2v) is 10.9. The molecule has 0 bridgehead atoms. The van der Waals surface area contributed by atoms with Gasteiger partial charge in [-0.05, 0) is 48.9 Å². The smallest absolute Gasteiger partial charge is 0.254 e. The zero-order valence-corrected chi connectivity index (χ0v) is 20.9. The predicted molar refractivity (Wildman–Crippen MR) is 135 cm³/mol. The normalized spacial score (nSPS) is 21.5. The van der Waals surface area contributed by atoms with E-state index in [1.807, 2.05) is 40.6 Å². The maximum Gasteiger partial charge on any atom is 0.254 e. The summed E-state index contributed by atoms with van der Waals surface area (Å²) in [7, 11) is 2.18. The highest BCUT2D eigenvalue weighted by molar-refractivity contribution is 7.10. The molecule has 5 nitrogen and oxygen atoms in total. The molecule has 1 aromatic heterocycles. The molecule has 2 aliphatic rings. The van der Waals surface area contributed by atoms with Gasteiger partial charge in [-0.15, -0.1) is 11.3 Å². The first-order valence-corrected chi connectivity index (χ1v) is 13.3. The van der Waals surface area contributed by atoms with Gasteiger partial charge in [0.25, 0.3) is 5.91 Å². The second-order valence-electron chi connectivity index (χ2n) is 9.94. The van der Waals surface area contributed by atoms with Gasteiger partial charge in [0.05, 0.1) is 12.0 Å². The van der Waals surface area contributed by atoms with Crippen LogP contribution in [0, 0.1) is 5.92 Å². The van der Waals surface area contributed by atoms with Crippen LogP contribution in [-0.2, 0) is 4.79 Å². The molecule has 1 aliphatic heterocycles. The second kappa shape index (κ2) is 10.8. The Kier molecular flexibility index (Phi) is 7.86. The fraction of sp³-hybridized carbons (Fsp3) is 0.556. The Balaban J connectivity index is 1.57. The summed E-state index contributed by atoms with van der Waals surface area (Å²) in [5, 5.41) is 5.26. The van der Waals surface area contributed by atoms with Crippen molar-refractivity contribution in [1.29, 1.82) is 0 Å². The Morgan fingerprint density at radius 3 is 2.61 bits per heavy atom. The summed E-state index contributed by atoms with van der Waals surface area (Å²) >= 11 is 1.62. The number of benzene rings is 1. The molecule has 0 saturated heterocycles. The molecule has 1 fully saturated rings. The minimum absolute atomic E-state index is 0.0131. The average molecular weight is 468 g/mol. The summed E-state index contributed by atoms with van der Waals surface area (Å²) in [6, 6.07) is 12.1. The van der Waals surface area contributed by atoms with Crippen molar-refractivity contribution in [3.8, 4) is 0 Å². The van der Waals surface area contributed by atoms with Crippen LogP contribution in [0.4, 0.5) is 0 Å². The van der Waals surface area contributed by atoms with E-state index in [0.29, 0.717) is 30.6 Å². The SMILES string of the molecule is CC(C)CN1C(=O)c2ccccc2[C@@H](C(=O)NCCN(C)C2CCCCC2)[C@H]1c1cccs1. The Morgan fingerprint density at radius 2 is 1.91 bits per heavy atom. The van der Waals surface area contributed by atoms with Crippen LogP contribution in [0.5, 0.6) is 0 Å². The molecular formula is C27H37N3O2S. The van der Waals surface area contributed by atoms with Crippen LogP contribution in [0.25, 0.3) is 0 Å². The van der Waals surface area contributed by atoms with Crippen molar-refractivity contribution in [2.75, 3.05) is 26.7 Å². The van der Waals surface area contributed by atoms with Crippen LogP contribution in [0.1, 0.15) is 78.7 Å². The van der Waals surface area contributed by atoms with Gasteiger partial charge in [-0.2, -0.15) is 0 Å². The highest BCUT2D eigenvalue weighted by atomic mass is 32.1. The number of nitrogens with one attached hydrogen (secondary N) is 1. The van der Waals surface area contributed by atoms with Crippen molar-refractivity contribution in [1.82, 2.24) is 15.1 Å². The monoisotopic (exact) mass is 467 g/mol. The molecule has 4 rings (SSSR count). The van der Waals surface area contributed by atoms with Gasteiger partial charge < -0.3 is 15.1 Å². The first-order valence-electron chi connectivity index (χ1n) is 12.4. The Labute approximate surface area is 202 Å². The van der Waals surface area contributed by atoms with Gasteiger partial charge in [0, 0.05) is 36.1 Å². The lowest BCUT2D eigenvalue weighted by atomic mass is 9.81. The Morgan fingerprint density at radius 1 is 1.15 bits per heavy atom. The zero-order chi connectivity index (χ0) is 23.4. The maximum atomic E-state index is 13.7. The Hall–Kier alpha value is -2.18. The molecule has 0 unspecified atom stereocenters. The number of hydrogen-bond donors (Lipinski definition) is 1. The van der Waals surface area contributed by atoms with E-state index in [1.165, 1.54) is 32.1 Å². The van der Waals surface area contributed by atoms with E-state index in [-0.39, 0.29) is 17.9 Å². The van der Waals surface area contributed by atoms with Gasteiger partial charge in [-0.1, -0.05) is 57.4 Å². The number of rotatable bonds is 8. The molecule has 6 heteroatoms. The van der Waals surface area contributed by atoms with Crippen LogP contribution in [0.2, 0.25) is 0 Å². The summed E-state index contributed by atoms with van der Waals surface area (Å²) in [6.07, 6.45) is 6.48. The highest BCUT2D eigenvalue weighted by Crippen LogP contribution is 2.44. The van der Waals surface area contributed by atoms with Gasteiger partial charge in [0.1, 0.15) is 0 Å². The number of hydrogen-bond acceptors (Lipinski definition) is 4. The van der Waals surface area contributed by atoms with Crippen LogP contribution in [0.15, 0.2) is 41.8 Å². The highest BCUT2D eigenvalue weighted by Gasteiger charge is 2.44. The summed E-state index contributed by atoms with van der Waals surface area (Å²) in [5.74, 6) is -0.0521. The molecule has 2 aromatic rings. The first-order chi connectivity index (χ1) is 16.0. The summed E-state index contributed by atoms with van der Waals surface area (Å²) in [6.45, 7) is 6.34. The minimum Gasteiger partial charge on any atom is -0.354 e. The summed E-state index contributed by atoms with van der Waals surface area (Å²) in [4.78, 5) is 32.6. The molecular weight excluding hydrogens is 430 g/mol. The third-order valence-corrected chi connectivity index (χ3v) is 8.02. The molecule has 178 valence electrons. The number of carbonyl (C=O) groups excluding carboxylic acids is 2. The maximum absolute atomic E-state index is 13.7. The molecule has 2 atom stereocenters. The molecule has 2 heterocycles. The lowest BCUT2D eigenvalue weighted by molar-refractivity contribution is -0.124. The van der Waals surface area contributed by atoms with Gasteiger partial charge in [-0.25, -0.2) is 0 Å². The third kappa shape index (κ3) is 5.33. The first kappa shape index (κ1) is 24.0. The lowest BCUT2D eigenvalue weighted by Gasteiger charge is -2.42. The molecule has 2 amide bonds. The van der Waals surface area contributed by atoms with Gasteiger partial charge >= 0.3 is 0 Å². The van der Waals surface area contributed by atoms with Crippen molar-refractivity contribution >= 4 is 23.2 Å². The van der Waals surface area contributed by atoms with Crippen molar-refractivity contribution in [3.05, 3.63) is 57.8 Å². The quantitative estimate of drug-likeness (QED) is 0.590.